The fraction of sp³-hybridized carbons (Fsp3) is 0.939. The Kier molecular flexibility index (Phi) is 30.8. The first kappa shape index (κ1) is 92.6. The van der Waals surface area contributed by atoms with Crippen molar-refractivity contribution >= 4 is 126 Å². The van der Waals surface area contributed by atoms with Crippen molar-refractivity contribution in [2.45, 2.75) is 154 Å². The van der Waals surface area contributed by atoms with Gasteiger partial charge in [-0.1, -0.05) is 0 Å². The summed E-state index contributed by atoms with van der Waals surface area (Å²) in [6.07, 6.45) is -78.3. The summed E-state index contributed by atoms with van der Waals surface area (Å²) in [7, 11) is -66.5. The van der Waals surface area contributed by atoms with Crippen LogP contribution in [0.5, 0.6) is 0 Å². The third kappa shape index (κ3) is 28.9. The van der Waals surface area contributed by atoms with Crippen LogP contribution in [0.4, 0.5) is 0 Å². The van der Waals surface area contributed by atoms with E-state index >= 15 is 0 Å². The first-order chi connectivity index (χ1) is 47.3. The molecule has 0 aromatic heterocycles. The number of carbonyl (C=O) groups is 2. The minimum Gasteiger partial charge on any atom is -0.479 e. The zero-order valence-electron chi connectivity index (χ0n) is 50.5. The van der Waals surface area contributed by atoms with Gasteiger partial charge in [0.05, 0.1) is 19.8 Å². The lowest BCUT2D eigenvalue weighted by Crippen LogP contribution is -2.70. The third-order valence-corrected chi connectivity index (χ3v) is 18.3. The number of methoxy groups -OCH3 is 3. The number of aliphatic hydroxyl groups excluding tert-OH is 1. The normalized spacial score (nSPS) is 35.6. The van der Waals surface area contributed by atoms with E-state index in [1.54, 1.807) is 0 Å². The van der Waals surface area contributed by atoms with Crippen molar-refractivity contribution in [3.8, 4) is 0 Å². The lowest BCUT2D eigenvalue weighted by molar-refractivity contribution is -0.384. The van der Waals surface area contributed by atoms with E-state index in [2.05, 4.69) is 46.0 Å². The van der Waals surface area contributed by atoms with Gasteiger partial charge in [0.2, 0.25) is 0 Å². The number of rotatable bonds is 38. The summed E-state index contributed by atoms with van der Waals surface area (Å²) in [5, 5.41) is 31.9. The highest BCUT2D eigenvalue weighted by atomic mass is 32.3. The van der Waals surface area contributed by atoms with Crippen LogP contribution in [0, 0.1) is 0 Å². The molecule has 0 bridgehead atoms. The Bertz CT molecular complexity index is 4360. The van der Waals surface area contributed by atoms with Crippen LogP contribution in [0.25, 0.3) is 0 Å². The van der Waals surface area contributed by atoms with Crippen molar-refractivity contribution in [2.24, 2.45) is 0 Å². The fourth-order valence-corrected chi connectivity index (χ4v) is 14.8. The summed E-state index contributed by atoms with van der Waals surface area (Å²) in [6, 6.07) is 0. The average Bonchev–Trinajstić information content (AvgIpc) is 0.757. The summed E-state index contributed by atoms with van der Waals surface area (Å²) in [6.45, 7) is -5.90. The van der Waals surface area contributed by atoms with Crippen molar-refractivity contribution < 1.29 is 270 Å². The van der Waals surface area contributed by atoms with Crippen LogP contribution in [0.1, 0.15) is 0 Å². The Morgan fingerprint density at radius 2 is 0.486 bits per heavy atom. The van der Waals surface area contributed by atoms with E-state index in [9.17, 15) is 168 Å². The van der Waals surface area contributed by atoms with Crippen LogP contribution in [0.2, 0.25) is 0 Å². The first-order valence-electron chi connectivity index (χ1n) is 26.0. The summed E-state index contributed by atoms with van der Waals surface area (Å²) in [4.78, 5) is 26.6. The Morgan fingerprint density at radius 1 is 0.267 bits per heavy atom. The molecule has 25 atom stereocenters. The van der Waals surface area contributed by atoms with E-state index in [1.807, 2.05) is 0 Å². The Balaban J connectivity index is 1.71. The standard InChI is InChI=1S/C33H54O61S11/c1-72-13-15(83-32-26(94-105(69,70)71)19(90-101(57,58)59)12(87-98(48,49)50)9(80-32)6-77-97(45,46)47)20(27(34)35)85-30(23(13)74-3)81-11-8(5-76-96(42,43)44)79-31(25(93-104(66,67)68)18(11)89-100(54,55)56)84-16-14(73-2)24(92-103(63,64)65)33(86-21(16)28(36)37)82-10-7(4-75-95(39,40)41)78-29(38)22(91-102(60,61)62)17(10)88-99(51,52)53/h7-26,29-33,38H,4-6H2,1-3H3,(H,34,35)(H,36,37)(H,39,40,41)(H,42,43,44)(H,45,46,47)(H,48,49,50)(H,51,52,53)(H,54,55,56)(H,57,58,59)(H,60,61,62)(H,63,64,65)(H,66,67,68)(H,69,70,71)/t7-,8-,9-,10-,11-,12-,13+,14+,15+,16+,17+,18+,19+,20+,21-,22-,23-,24-,25-,26-,29?,30-,31-,32-,33-/m1/s1. The summed E-state index contributed by atoms with van der Waals surface area (Å²) < 4.78 is 487. The van der Waals surface area contributed by atoms with Crippen LogP contribution >= 0.6 is 0 Å². The monoisotopic (exact) mass is 1780 g/mol. The predicted octanol–water partition coefficient (Wildman–Crippen LogP) is -11.7. The second-order valence-corrected chi connectivity index (χ2v) is 31.9. The molecular weight excluding hydrogens is 1730 g/mol. The van der Waals surface area contributed by atoms with Crippen LogP contribution in [-0.2, 0) is 227 Å². The molecule has 0 aromatic rings. The summed E-state index contributed by atoms with van der Waals surface area (Å²) >= 11 is 0. The zero-order chi connectivity index (χ0) is 80.5. The van der Waals surface area contributed by atoms with Crippen LogP contribution in [0.15, 0.2) is 0 Å². The number of aliphatic hydroxyl groups is 1. The molecule has 105 heavy (non-hydrogen) atoms. The van der Waals surface area contributed by atoms with Crippen molar-refractivity contribution in [3.05, 3.63) is 0 Å². The van der Waals surface area contributed by atoms with Crippen molar-refractivity contribution in [1.82, 2.24) is 0 Å². The van der Waals surface area contributed by atoms with E-state index in [1.165, 1.54) is 0 Å². The molecule has 0 aromatic carbocycles. The maximum Gasteiger partial charge on any atom is 0.397 e. The van der Waals surface area contributed by atoms with Gasteiger partial charge >= 0.3 is 126 Å². The molecule has 5 rings (SSSR count). The quantitative estimate of drug-likeness (QED) is 0.0255. The van der Waals surface area contributed by atoms with E-state index in [-0.39, 0.29) is 0 Å². The molecule has 0 aliphatic carbocycles. The van der Waals surface area contributed by atoms with E-state index < -0.39 is 300 Å². The van der Waals surface area contributed by atoms with E-state index in [4.69, 9.17) is 56.8 Å². The molecular formula is C33H54O61S11. The predicted molar refractivity (Wildman–Crippen MR) is 297 cm³/mol. The Hall–Kier alpha value is -3.01. The molecule has 0 saturated carbocycles. The van der Waals surface area contributed by atoms with Crippen molar-refractivity contribution in [1.29, 1.82) is 0 Å². The lowest BCUT2D eigenvalue weighted by atomic mass is 9.95. The molecule has 0 radical (unpaired) electrons. The number of ether oxygens (including phenoxy) is 12. The van der Waals surface area contributed by atoms with Crippen LogP contribution < -0.4 is 0 Å². The largest absolute Gasteiger partial charge is 0.479 e. The van der Waals surface area contributed by atoms with Crippen LogP contribution in [0.3, 0.4) is 0 Å². The summed E-state index contributed by atoms with van der Waals surface area (Å²) in [5.41, 5.74) is 0. The zero-order valence-corrected chi connectivity index (χ0v) is 59.5. The number of hydrogen-bond donors (Lipinski definition) is 14. The molecule has 5 aliphatic rings. The van der Waals surface area contributed by atoms with Gasteiger partial charge in [-0.05, 0) is 0 Å². The van der Waals surface area contributed by atoms with Gasteiger partial charge in [0, 0.05) is 21.3 Å². The average molecular weight is 1780 g/mol. The topological polar surface area (TPSA) is 905 Å². The first-order valence-corrected chi connectivity index (χ1v) is 41.0. The minimum absolute atomic E-state index is 0.348. The van der Waals surface area contributed by atoms with Gasteiger partial charge in [0.25, 0.3) is 0 Å². The van der Waals surface area contributed by atoms with Gasteiger partial charge in [0.15, 0.2) is 68.1 Å². The molecule has 14 N–H and O–H groups in total. The number of aliphatic carboxylic acids is 2. The van der Waals surface area contributed by atoms with E-state index in [0.717, 1.165) is 0 Å². The molecule has 5 heterocycles. The van der Waals surface area contributed by atoms with Crippen molar-refractivity contribution in [2.75, 3.05) is 41.2 Å². The Morgan fingerprint density at radius 3 is 0.781 bits per heavy atom. The lowest BCUT2D eigenvalue weighted by Gasteiger charge is -2.51. The van der Waals surface area contributed by atoms with Gasteiger partial charge in [0.1, 0.15) is 85.5 Å². The SMILES string of the molecule is CO[C@@H]1[C@@H](OC)[C@H](O[C@H]2[C@H](OS(=O)(=O)O)[C@@H](OS(=O)(=O)O)[C@@H](O[C@H]3[C@H](OC)[C@@H](OS(=O)(=O)O)[C@H](O[C@H]4[C@H](OS(=O)(=O)O)[C@@H](OS(=O)(=O)O)C(O)O[C@@H]4COS(=O)(=O)O)O[C@H]3C(=O)O)O[C@@H]2COS(=O)(=O)O)O[C@H](C(=O)O)[C@H]1O[C@H]1O[C@H](COS(=O)(=O)O)[C@@H](OS(=O)(=O)O)[C@H](OS(=O)(=O)O)[C@H]1OS(=O)(=O)O. The van der Waals surface area contributed by atoms with Gasteiger partial charge in [-0.3, -0.25) is 50.1 Å². The molecule has 1 unspecified atom stereocenters. The molecule has 5 fully saturated rings. The fourth-order valence-electron chi connectivity index (χ4n) is 9.98. The number of carboxylic acid groups (broad SMARTS) is 2. The Labute approximate surface area is 588 Å². The molecule has 0 amide bonds. The summed E-state index contributed by atoms with van der Waals surface area (Å²) in [5.74, 6) is -5.09. The van der Waals surface area contributed by atoms with Gasteiger partial charge in [-0.25, -0.2) is 55.6 Å². The number of carboxylic acids is 2. The van der Waals surface area contributed by atoms with Gasteiger partial charge < -0.3 is 72.2 Å². The van der Waals surface area contributed by atoms with E-state index in [0.29, 0.717) is 21.3 Å². The minimum atomic E-state index is -6.50. The molecule has 5 aliphatic heterocycles. The molecule has 0 spiro atoms. The molecule has 61 nitrogen and oxygen atoms in total. The number of hydrogen-bond acceptors (Lipinski definition) is 48. The third-order valence-electron chi connectivity index (χ3n) is 13.3. The molecule has 72 heteroatoms. The van der Waals surface area contributed by atoms with Gasteiger partial charge in [-0.15, -0.1) is 0 Å². The maximum atomic E-state index is 13.3. The molecule has 5 saturated heterocycles. The maximum absolute atomic E-state index is 13.3. The second-order valence-electron chi connectivity index (χ2n) is 20.2. The van der Waals surface area contributed by atoms with Crippen molar-refractivity contribution in [3.63, 3.8) is 0 Å². The second kappa shape index (κ2) is 34.9. The highest BCUT2D eigenvalue weighted by Crippen LogP contribution is 2.42. The van der Waals surface area contributed by atoms with Crippen LogP contribution in [-0.4, -0.2) is 365 Å². The highest BCUT2D eigenvalue weighted by molar-refractivity contribution is 7.83. The smallest absolute Gasteiger partial charge is 0.397 e. The highest BCUT2D eigenvalue weighted by Gasteiger charge is 2.64. The van der Waals surface area contributed by atoms with Gasteiger partial charge in [-0.2, -0.15) is 92.6 Å². The molecule has 618 valence electrons.